The van der Waals surface area contributed by atoms with E-state index >= 15 is 0 Å². The number of oxime groups is 1. The zero-order chi connectivity index (χ0) is 11.1. The van der Waals surface area contributed by atoms with Gasteiger partial charge in [0.2, 0.25) is 0 Å². The highest BCUT2D eigenvalue weighted by molar-refractivity contribution is 5.99. The summed E-state index contributed by atoms with van der Waals surface area (Å²) in [5.74, 6) is -0.551. The molecule has 15 heavy (non-hydrogen) atoms. The first-order valence-electron chi connectivity index (χ1n) is 4.10. The number of amidine groups is 1. The fraction of sp³-hybridized carbons (Fsp3) is 0.111. The van der Waals surface area contributed by atoms with Gasteiger partial charge >= 0.3 is 5.97 Å². The van der Waals surface area contributed by atoms with Gasteiger partial charge in [-0.2, -0.15) is 0 Å². The van der Waals surface area contributed by atoms with Crippen molar-refractivity contribution in [2.24, 2.45) is 10.3 Å². The topological polar surface area (TPSA) is 87.4 Å². The molecule has 1 rings (SSSR count). The van der Waals surface area contributed by atoms with Gasteiger partial charge in [-0.25, -0.2) is 4.79 Å². The number of carbonyl (C=O) groups excluding carboxylic acids is 1. The molecule has 0 aliphatic heterocycles. The summed E-state index contributed by atoms with van der Waals surface area (Å²) in [5.41, 5.74) is 8.88. The quantitative estimate of drug-likeness (QED) is 0.141. The van der Waals surface area contributed by atoms with Crippen LogP contribution in [0.1, 0.15) is 12.5 Å². The van der Waals surface area contributed by atoms with Gasteiger partial charge in [0.25, 0.3) is 0 Å². The van der Waals surface area contributed by atoms with E-state index in [9.17, 15) is 4.79 Å². The molecule has 0 radical (unpaired) electrons. The van der Waals surface area contributed by atoms with E-state index in [1.54, 1.807) is 24.3 Å². The van der Waals surface area contributed by atoms with Crippen LogP contribution >= 0.6 is 0 Å². The van der Waals surface area contributed by atoms with E-state index in [-0.39, 0.29) is 5.84 Å². The Bertz CT molecular complexity index is 421. The molecule has 76 valence electrons. The summed E-state index contributed by atoms with van der Waals surface area (Å²) < 4.78 is 0. The molecule has 0 amide bonds. The molecular weight excluding hydrogens is 196 g/mol. The van der Waals surface area contributed by atoms with Crippen LogP contribution in [-0.2, 0) is 9.63 Å². The minimum Gasteiger partial charge on any atom is -0.318 e. The molecule has 0 unspecified atom stereocenters. The van der Waals surface area contributed by atoms with Gasteiger partial charge in [0.1, 0.15) is 0 Å². The second-order valence-electron chi connectivity index (χ2n) is 2.55. The summed E-state index contributed by atoms with van der Waals surface area (Å²) >= 11 is 0. The minimum absolute atomic E-state index is 0.0216. The van der Waals surface area contributed by atoms with Crippen LogP contribution in [0.4, 0.5) is 0 Å². The van der Waals surface area contributed by atoms with Crippen LogP contribution in [0.25, 0.3) is 10.4 Å². The van der Waals surface area contributed by atoms with Crippen molar-refractivity contribution in [2.75, 3.05) is 0 Å². The lowest BCUT2D eigenvalue weighted by Gasteiger charge is -1.97. The largest absolute Gasteiger partial charge is 0.331 e. The number of azide groups is 1. The van der Waals surface area contributed by atoms with Crippen LogP contribution in [0, 0.1) is 0 Å². The monoisotopic (exact) mass is 204 g/mol. The summed E-state index contributed by atoms with van der Waals surface area (Å²) in [6.07, 6.45) is 0. The van der Waals surface area contributed by atoms with E-state index in [4.69, 9.17) is 5.53 Å². The maximum Gasteiger partial charge on any atom is 0.331 e. The van der Waals surface area contributed by atoms with Gasteiger partial charge in [0.05, 0.1) is 0 Å². The predicted octanol–water partition coefficient (Wildman–Crippen LogP) is 2.22. The van der Waals surface area contributed by atoms with Gasteiger partial charge in [0, 0.05) is 17.4 Å². The highest BCUT2D eigenvalue weighted by Gasteiger charge is 2.01. The third kappa shape index (κ3) is 3.50. The molecule has 6 nitrogen and oxygen atoms in total. The lowest BCUT2D eigenvalue weighted by molar-refractivity contribution is -0.140. The lowest BCUT2D eigenvalue weighted by atomic mass is 10.2. The molecule has 0 saturated heterocycles. The molecule has 0 N–H and O–H groups in total. The van der Waals surface area contributed by atoms with Crippen LogP contribution in [0.5, 0.6) is 0 Å². The normalized spacial score (nSPS) is 10.3. The molecular formula is C9H8N4O2. The molecule has 0 spiro atoms. The average Bonchev–Trinajstić information content (AvgIpc) is 2.25. The molecule has 0 atom stereocenters. The Kier molecular flexibility index (Phi) is 3.88. The van der Waals surface area contributed by atoms with Crippen LogP contribution in [0.15, 0.2) is 40.6 Å². The van der Waals surface area contributed by atoms with Crippen molar-refractivity contribution in [3.63, 3.8) is 0 Å². The van der Waals surface area contributed by atoms with Gasteiger partial charge in [-0.05, 0) is 10.6 Å². The first kappa shape index (κ1) is 10.7. The van der Waals surface area contributed by atoms with Crippen molar-refractivity contribution < 1.29 is 9.63 Å². The first-order valence-corrected chi connectivity index (χ1v) is 4.10. The van der Waals surface area contributed by atoms with Crippen molar-refractivity contribution >= 4 is 11.8 Å². The summed E-state index contributed by atoms with van der Waals surface area (Å²) in [6.45, 7) is 1.21. The molecule has 0 aliphatic rings. The Morgan fingerprint density at radius 3 is 2.60 bits per heavy atom. The first-order chi connectivity index (χ1) is 7.24. The maximum absolute atomic E-state index is 10.5. The van der Waals surface area contributed by atoms with Crippen LogP contribution < -0.4 is 0 Å². The maximum atomic E-state index is 10.5. The molecule has 0 aromatic heterocycles. The van der Waals surface area contributed by atoms with E-state index in [2.05, 4.69) is 20.0 Å². The number of nitrogens with zero attached hydrogens (tertiary/aromatic N) is 4. The van der Waals surface area contributed by atoms with Gasteiger partial charge < -0.3 is 4.84 Å². The minimum atomic E-state index is -0.573. The SMILES string of the molecule is CC(=O)ON=C(N=[N+]=[N-])c1ccccc1. The number of hydrogen-bond donors (Lipinski definition) is 0. The zero-order valence-electron chi connectivity index (χ0n) is 7.99. The standard InChI is InChI=1S/C9H8N4O2/c1-7(14)15-12-9(11-13-10)8-5-3-2-4-6-8/h2-6H,1H3. The summed E-state index contributed by atoms with van der Waals surface area (Å²) in [6, 6.07) is 8.70. The van der Waals surface area contributed by atoms with Crippen molar-refractivity contribution in [2.45, 2.75) is 6.92 Å². The predicted molar refractivity (Wildman–Crippen MR) is 53.9 cm³/mol. The molecule has 0 heterocycles. The van der Waals surface area contributed by atoms with Gasteiger partial charge in [-0.15, -0.1) is 0 Å². The van der Waals surface area contributed by atoms with Crippen LogP contribution in [0.3, 0.4) is 0 Å². The van der Waals surface area contributed by atoms with Crippen LogP contribution in [-0.4, -0.2) is 11.8 Å². The van der Waals surface area contributed by atoms with Crippen molar-refractivity contribution in [3.8, 4) is 0 Å². The molecule has 1 aromatic carbocycles. The summed E-state index contributed by atoms with van der Waals surface area (Å²) in [5, 5.41) is 6.75. The fourth-order valence-electron chi connectivity index (χ4n) is 0.866. The average molecular weight is 204 g/mol. The molecule has 6 heteroatoms. The molecule has 0 aliphatic carbocycles. The molecule has 1 aromatic rings. The number of rotatable bonds is 2. The third-order valence-electron chi connectivity index (χ3n) is 1.43. The Labute approximate surface area is 85.8 Å². The smallest absolute Gasteiger partial charge is 0.318 e. The third-order valence-corrected chi connectivity index (χ3v) is 1.43. The zero-order valence-corrected chi connectivity index (χ0v) is 7.99. The Morgan fingerprint density at radius 1 is 1.40 bits per heavy atom. The molecule has 0 bridgehead atoms. The van der Waals surface area contributed by atoms with Gasteiger partial charge in [-0.1, -0.05) is 35.5 Å². The second kappa shape index (κ2) is 5.41. The highest BCUT2D eigenvalue weighted by Crippen LogP contribution is 2.03. The Hall–Kier alpha value is -2.33. The molecule has 0 fully saturated rings. The fourth-order valence-corrected chi connectivity index (χ4v) is 0.866. The van der Waals surface area contributed by atoms with E-state index in [0.29, 0.717) is 5.56 Å². The summed E-state index contributed by atoms with van der Waals surface area (Å²) in [7, 11) is 0. The van der Waals surface area contributed by atoms with Crippen LogP contribution in [0.2, 0.25) is 0 Å². The van der Waals surface area contributed by atoms with E-state index in [1.165, 1.54) is 6.92 Å². The van der Waals surface area contributed by atoms with Gasteiger partial charge in [0.15, 0.2) is 5.84 Å². The van der Waals surface area contributed by atoms with E-state index < -0.39 is 5.97 Å². The second-order valence-corrected chi connectivity index (χ2v) is 2.55. The van der Waals surface area contributed by atoms with Crippen molar-refractivity contribution in [1.82, 2.24) is 0 Å². The lowest BCUT2D eigenvalue weighted by Crippen LogP contribution is -1.99. The van der Waals surface area contributed by atoms with Crippen molar-refractivity contribution in [1.29, 1.82) is 0 Å². The Balaban J connectivity index is 2.98. The molecule has 0 saturated carbocycles. The highest BCUT2D eigenvalue weighted by atomic mass is 16.7. The number of benzene rings is 1. The van der Waals surface area contributed by atoms with Crippen molar-refractivity contribution in [3.05, 3.63) is 46.3 Å². The van der Waals surface area contributed by atoms with E-state index in [1.807, 2.05) is 6.07 Å². The number of hydrogen-bond acceptors (Lipinski definition) is 3. The Morgan fingerprint density at radius 2 is 2.07 bits per heavy atom. The van der Waals surface area contributed by atoms with E-state index in [0.717, 1.165) is 0 Å². The summed E-state index contributed by atoms with van der Waals surface area (Å²) in [4.78, 5) is 17.5. The number of carbonyl (C=O) groups is 1. The van der Waals surface area contributed by atoms with Gasteiger partial charge in [-0.3, -0.25) is 0 Å².